The van der Waals surface area contributed by atoms with Crippen LogP contribution >= 0.6 is 0 Å². The van der Waals surface area contributed by atoms with Gasteiger partial charge in [0, 0.05) is 26.5 Å². The molecule has 2 unspecified atom stereocenters. The SMILES string of the molecule is COC1(OC)NC(C)C=NC1C(C)C. The highest BCUT2D eigenvalue weighted by Gasteiger charge is 2.44. The van der Waals surface area contributed by atoms with Crippen LogP contribution < -0.4 is 5.32 Å². The van der Waals surface area contributed by atoms with Crippen LogP contribution in [-0.2, 0) is 9.47 Å². The number of nitrogens with one attached hydrogen (secondary N) is 1. The van der Waals surface area contributed by atoms with Crippen LogP contribution in [-0.4, -0.2) is 38.4 Å². The van der Waals surface area contributed by atoms with Crippen molar-refractivity contribution in [2.75, 3.05) is 14.2 Å². The van der Waals surface area contributed by atoms with Crippen molar-refractivity contribution in [3.63, 3.8) is 0 Å². The zero-order valence-corrected chi connectivity index (χ0v) is 9.57. The Kier molecular flexibility index (Phi) is 3.64. The van der Waals surface area contributed by atoms with Gasteiger partial charge in [0.05, 0.1) is 0 Å². The highest BCUT2D eigenvalue weighted by Crippen LogP contribution is 2.25. The Hall–Kier alpha value is -0.450. The van der Waals surface area contributed by atoms with Crippen molar-refractivity contribution in [3.05, 3.63) is 0 Å². The number of hydrogen-bond acceptors (Lipinski definition) is 4. The lowest BCUT2D eigenvalue weighted by Gasteiger charge is -2.42. The second kappa shape index (κ2) is 4.38. The first-order chi connectivity index (χ1) is 6.55. The van der Waals surface area contributed by atoms with E-state index in [0.717, 1.165) is 0 Å². The summed E-state index contributed by atoms with van der Waals surface area (Å²) in [5.41, 5.74) is 0. The molecule has 0 saturated heterocycles. The van der Waals surface area contributed by atoms with Gasteiger partial charge < -0.3 is 9.47 Å². The van der Waals surface area contributed by atoms with Gasteiger partial charge in [0.15, 0.2) is 0 Å². The minimum Gasteiger partial charge on any atom is -0.339 e. The molecule has 1 heterocycles. The van der Waals surface area contributed by atoms with Gasteiger partial charge >= 0.3 is 0 Å². The molecule has 4 heteroatoms. The van der Waals surface area contributed by atoms with E-state index in [2.05, 4.69) is 24.2 Å². The zero-order valence-electron chi connectivity index (χ0n) is 9.57. The molecule has 0 radical (unpaired) electrons. The van der Waals surface area contributed by atoms with Gasteiger partial charge in [-0.3, -0.25) is 10.3 Å². The third-order valence-corrected chi connectivity index (χ3v) is 2.53. The largest absolute Gasteiger partial charge is 0.339 e. The van der Waals surface area contributed by atoms with Crippen LogP contribution in [0.15, 0.2) is 4.99 Å². The van der Waals surface area contributed by atoms with E-state index >= 15 is 0 Å². The molecule has 0 aromatic carbocycles. The molecule has 2 atom stereocenters. The van der Waals surface area contributed by atoms with Gasteiger partial charge in [0.25, 0.3) is 5.91 Å². The lowest BCUT2D eigenvalue weighted by atomic mass is 9.98. The van der Waals surface area contributed by atoms with Crippen molar-refractivity contribution < 1.29 is 9.47 Å². The maximum absolute atomic E-state index is 5.43. The molecule has 0 amide bonds. The van der Waals surface area contributed by atoms with Crippen LogP contribution in [0.5, 0.6) is 0 Å². The Labute approximate surface area is 85.7 Å². The summed E-state index contributed by atoms with van der Waals surface area (Å²) >= 11 is 0. The van der Waals surface area contributed by atoms with Crippen molar-refractivity contribution in [3.8, 4) is 0 Å². The fraction of sp³-hybridized carbons (Fsp3) is 0.900. The first-order valence-electron chi connectivity index (χ1n) is 4.97. The third-order valence-electron chi connectivity index (χ3n) is 2.53. The van der Waals surface area contributed by atoms with Crippen LogP contribution in [0.4, 0.5) is 0 Å². The molecule has 0 aliphatic carbocycles. The number of rotatable bonds is 3. The quantitative estimate of drug-likeness (QED) is 0.692. The molecular formula is C10H20N2O2. The summed E-state index contributed by atoms with van der Waals surface area (Å²) in [5.74, 6) is -0.409. The van der Waals surface area contributed by atoms with Crippen LogP contribution in [0.2, 0.25) is 0 Å². The molecule has 0 spiro atoms. The van der Waals surface area contributed by atoms with Crippen LogP contribution in [0.25, 0.3) is 0 Å². The van der Waals surface area contributed by atoms with E-state index < -0.39 is 5.91 Å². The summed E-state index contributed by atoms with van der Waals surface area (Å²) in [5, 5.41) is 3.27. The molecular weight excluding hydrogens is 180 g/mol. The molecule has 1 N–H and O–H groups in total. The second-order valence-electron chi connectivity index (χ2n) is 4.00. The zero-order chi connectivity index (χ0) is 10.8. The predicted molar refractivity (Wildman–Crippen MR) is 56.5 cm³/mol. The Morgan fingerprint density at radius 1 is 1.36 bits per heavy atom. The molecule has 4 nitrogen and oxygen atoms in total. The van der Waals surface area contributed by atoms with E-state index in [-0.39, 0.29) is 12.1 Å². The lowest BCUT2D eigenvalue weighted by Crippen LogP contribution is -2.63. The molecule has 0 aromatic heterocycles. The minimum atomic E-state index is -0.775. The van der Waals surface area contributed by atoms with Crippen molar-refractivity contribution >= 4 is 6.21 Å². The van der Waals surface area contributed by atoms with E-state index in [9.17, 15) is 0 Å². The minimum absolute atomic E-state index is 0.00583. The summed E-state index contributed by atoms with van der Waals surface area (Å²) in [7, 11) is 3.28. The van der Waals surface area contributed by atoms with E-state index in [4.69, 9.17) is 9.47 Å². The standard InChI is InChI=1S/C10H20N2O2/c1-7(2)9-10(13-4,14-5)12-8(3)6-11-9/h6-9,12H,1-5H3. The molecule has 0 fully saturated rings. The second-order valence-corrected chi connectivity index (χ2v) is 4.00. The molecule has 14 heavy (non-hydrogen) atoms. The van der Waals surface area contributed by atoms with Gasteiger partial charge in [-0.05, 0) is 12.8 Å². The summed E-state index contributed by atoms with van der Waals surface area (Å²) in [6.45, 7) is 6.23. The molecule has 82 valence electrons. The Bertz CT molecular complexity index is 212. The monoisotopic (exact) mass is 200 g/mol. The normalized spacial score (nSPS) is 31.0. The molecule has 0 bridgehead atoms. The maximum atomic E-state index is 5.43. The van der Waals surface area contributed by atoms with E-state index in [1.165, 1.54) is 0 Å². The van der Waals surface area contributed by atoms with Crippen LogP contribution in [0, 0.1) is 5.92 Å². The van der Waals surface area contributed by atoms with Crippen molar-refractivity contribution in [1.82, 2.24) is 5.32 Å². The fourth-order valence-electron chi connectivity index (χ4n) is 1.81. The van der Waals surface area contributed by atoms with Gasteiger partial charge in [0.1, 0.15) is 6.04 Å². The van der Waals surface area contributed by atoms with Crippen LogP contribution in [0.3, 0.4) is 0 Å². The van der Waals surface area contributed by atoms with Gasteiger partial charge in [-0.2, -0.15) is 0 Å². The average molecular weight is 200 g/mol. The first kappa shape index (κ1) is 11.6. The van der Waals surface area contributed by atoms with Crippen molar-refractivity contribution in [2.24, 2.45) is 10.9 Å². The number of methoxy groups -OCH3 is 2. The average Bonchev–Trinajstić information content (AvgIpc) is 2.16. The summed E-state index contributed by atoms with van der Waals surface area (Å²) in [6.07, 6.45) is 1.90. The topological polar surface area (TPSA) is 42.9 Å². The molecule has 0 aromatic rings. The lowest BCUT2D eigenvalue weighted by molar-refractivity contribution is -0.250. The predicted octanol–water partition coefficient (Wildman–Crippen LogP) is 1.02. The Morgan fingerprint density at radius 2 is 1.93 bits per heavy atom. The van der Waals surface area contributed by atoms with E-state index in [1.54, 1.807) is 14.2 Å². The summed E-state index contributed by atoms with van der Waals surface area (Å²) in [4.78, 5) is 4.47. The third kappa shape index (κ3) is 1.97. The Balaban J connectivity index is 2.93. The smallest absolute Gasteiger partial charge is 0.251 e. The van der Waals surface area contributed by atoms with Crippen LogP contribution in [0.1, 0.15) is 20.8 Å². The molecule has 1 aliphatic heterocycles. The summed E-state index contributed by atoms with van der Waals surface area (Å²) in [6, 6.07) is 0.165. The van der Waals surface area contributed by atoms with Crippen molar-refractivity contribution in [1.29, 1.82) is 0 Å². The fourth-order valence-corrected chi connectivity index (χ4v) is 1.81. The van der Waals surface area contributed by atoms with Gasteiger partial charge in [-0.1, -0.05) is 13.8 Å². The number of aliphatic imine (C=N–C) groups is 1. The van der Waals surface area contributed by atoms with Gasteiger partial charge in [0.2, 0.25) is 0 Å². The van der Waals surface area contributed by atoms with E-state index in [1.807, 2.05) is 13.1 Å². The Morgan fingerprint density at radius 3 is 2.36 bits per heavy atom. The first-order valence-corrected chi connectivity index (χ1v) is 4.97. The summed E-state index contributed by atoms with van der Waals surface area (Å²) < 4.78 is 10.9. The van der Waals surface area contributed by atoms with Gasteiger partial charge in [-0.25, -0.2) is 0 Å². The highest BCUT2D eigenvalue weighted by molar-refractivity contribution is 5.65. The molecule has 1 rings (SSSR count). The van der Waals surface area contributed by atoms with E-state index in [0.29, 0.717) is 5.92 Å². The number of hydrogen-bond donors (Lipinski definition) is 1. The number of nitrogens with zero attached hydrogens (tertiary/aromatic N) is 1. The molecule has 0 saturated carbocycles. The molecule has 1 aliphatic rings. The number of ether oxygens (including phenoxy) is 2. The highest BCUT2D eigenvalue weighted by atomic mass is 16.7. The maximum Gasteiger partial charge on any atom is 0.251 e. The van der Waals surface area contributed by atoms with Crippen molar-refractivity contribution in [2.45, 2.75) is 38.8 Å². The van der Waals surface area contributed by atoms with Gasteiger partial charge in [-0.15, -0.1) is 0 Å².